The van der Waals surface area contributed by atoms with Gasteiger partial charge in [-0.25, -0.2) is 9.97 Å². The number of rotatable bonds is 6. The van der Waals surface area contributed by atoms with Gasteiger partial charge in [0.25, 0.3) is 0 Å². The minimum Gasteiger partial charge on any atom is -0.351 e. The van der Waals surface area contributed by atoms with E-state index in [2.05, 4.69) is 15.3 Å². The lowest BCUT2D eigenvalue weighted by atomic mass is 10.2. The van der Waals surface area contributed by atoms with Crippen molar-refractivity contribution in [3.8, 4) is 0 Å². The third-order valence-electron chi connectivity index (χ3n) is 3.30. The quantitative estimate of drug-likeness (QED) is 0.402. The SMILES string of the molecule is CC(=O)NCc1ccc(C(=O)[C@@H](C)Sc2ncnc3sccc23)s1. The van der Waals surface area contributed by atoms with Crippen molar-refractivity contribution in [3.63, 3.8) is 0 Å². The minimum atomic E-state index is -0.240. The van der Waals surface area contributed by atoms with E-state index in [9.17, 15) is 9.59 Å². The largest absolute Gasteiger partial charge is 0.351 e. The Kier molecular flexibility index (Phi) is 5.27. The number of amides is 1. The molecule has 8 heteroatoms. The predicted molar refractivity (Wildman–Crippen MR) is 98.9 cm³/mol. The standard InChI is InChI=1S/C16H15N3O2S3/c1-9(23-16-12-5-6-22-15(12)18-8-19-16)14(21)13-4-3-11(24-13)7-17-10(2)20/h3-6,8-9H,7H2,1-2H3,(H,17,20)/t9-/m1/s1. The summed E-state index contributed by atoms with van der Waals surface area (Å²) in [7, 11) is 0. The molecule has 0 fully saturated rings. The normalized spacial score (nSPS) is 12.2. The molecule has 0 spiro atoms. The van der Waals surface area contributed by atoms with E-state index in [4.69, 9.17) is 0 Å². The molecule has 0 saturated heterocycles. The Hall–Kier alpha value is -1.77. The zero-order valence-corrected chi connectivity index (χ0v) is 15.6. The van der Waals surface area contributed by atoms with E-state index in [1.54, 1.807) is 11.3 Å². The van der Waals surface area contributed by atoms with Gasteiger partial charge in [-0.2, -0.15) is 0 Å². The summed E-state index contributed by atoms with van der Waals surface area (Å²) in [4.78, 5) is 34.7. The van der Waals surface area contributed by atoms with Crippen LogP contribution in [0.4, 0.5) is 0 Å². The predicted octanol–water partition coefficient (Wildman–Crippen LogP) is 3.75. The van der Waals surface area contributed by atoms with E-state index >= 15 is 0 Å². The van der Waals surface area contributed by atoms with E-state index in [1.807, 2.05) is 30.5 Å². The molecule has 0 bridgehead atoms. The maximum Gasteiger partial charge on any atom is 0.217 e. The molecule has 0 aromatic carbocycles. The molecule has 0 aliphatic carbocycles. The number of fused-ring (bicyclic) bond motifs is 1. The van der Waals surface area contributed by atoms with Crippen LogP contribution in [0.3, 0.4) is 0 Å². The molecule has 24 heavy (non-hydrogen) atoms. The van der Waals surface area contributed by atoms with Crippen molar-refractivity contribution >= 4 is 56.3 Å². The highest BCUT2D eigenvalue weighted by atomic mass is 32.2. The second-order valence-corrected chi connectivity index (χ2v) is 8.51. The highest BCUT2D eigenvalue weighted by Crippen LogP contribution is 2.32. The first-order chi connectivity index (χ1) is 11.5. The first-order valence-corrected chi connectivity index (χ1v) is 9.84. The molecular formula is C16H15N3O2S3. The van der Waals surface area contributed by atoms with Crippen molar-refractivity contribution in [2.24, 2.45) is 0 Å². The number of thioether (sulfide) groups is 1. The summed E-state index contributed by atoms with van der Waals surface area (Å²) in [6.07, 6.45) is 1.54. The molecular weight excluding hydrogens is 362 g/mol. The lowest BCUT2D eigenvalue weighted by molar-refractivity contribution is -0.119. The molecule has 3 aromatic rings. The number of carbonyl (C=O) groups excluding carboxylic acids is 2. The number of Topliss-reactive ketones (excluding diaryl/α,β-unsaturated/α-hetero) is 1. The first kappa shape index (κ1) is 17.1. The molecule has 1 N–H and O–H groups in total. The number of aromatic nitrogens is 2. The lowest BCUT2D eigenvalue weighted by Gasteiger charge is -2.08. The van der Waals surface area contributed by atoms with Gasteiger partial charge in [-0.1, -0.05) is 11.8 Å². The van der Waals surface area contributed by atoms with Crippen LogP contribution in [-0.2, 0) is 11.3 Å². The van der Waals surface area contributed by atoms with Gasteiger partial charge in [0.15, 0.2) is 5.78 Å². The molecule has 0 saturated carbocycles. The average Bonchev–Trinajstić information content (AvgIpc) is 3.21. The van der Waals surface area contributed by atoms with E-state index in [0.717, 1.165) is 20.1 Å². The molecule has 0 unspecified atom stereocenters. The van der Waals surface area contributed by atoms with Crippen molar-refractivity contribution in [1.29, 1.82) is 0 Å². The van der Waals surface area contributed by atoms with Gasteiger partial charge in [-0.05, 0) is 30.5 Å². The number of nitrogens with one attached hydrogen (secondary N) is 1. The summed E-state index contributed by atoms with van der Waals surface area (Å²) in [6.45, 7) is 3.82. The molecule has 5 nitrogen and oxygen atoms in total. The second-order valence-electron chi connectivity index (χ2n) is 5.12. The van der Waals surface area contributed by atoms with Gasteiger partial charge < -0.3 is 5.32 Å². The molecule has 0 aliphatic heterocycles. The molecule has 1 atom stereocenters. The van der Waals surface area contributed by atoms with Crippen molar-refractivity contribution in [3.05, 3.63) is 39.7 Å². The summed E-state index contributed by atoms with van der Waals surface area (Å²) < 4.78 is 0. The average molecular weight is 378 g/mol. The zero-order valence-electron chi connectivity index (χ0n) is 13.1. The third-order valence-corrected chi connectivity index (χ3v) is 6.34. The van der Waals surface area contributed by atoms with Gasteiger partial charge in [0.1, 0.15) is 16.2 Å². The Labute approximate surface area is 151 Å². The monoisotopic (exact) mass is 377 g/mol. The first-order valence-electron chi connectivity index (χ1n) is 7.27. The molecule has 124 valence electrons. The molecule has 1 amide bonds. The van der Waals surface area contributed by atoms with Crippen LogP contribution in [0, 0.1) is 0 Å². The van der Waals surface area contributed by atoms with E-state index in [1.165, 1.54) is 36.3 Å². The Balaban J connectivity index is 1.70. The topological polar surface area (TPSA) is 72.0 Å². The van der Waals surface area contributed by atoms with Crippen LogP contribution in [0.5, 0.6) is 0 Å². The number of ketones is 1. The maximum absolute atomic E-state index is 12.6. The molecule has 0 aliphatic rings. The molecule has 3 rings (SSSR count). The fourth-order valence-corrected chi connectivity index (χ4v) is 4.92. The van der Waals surface area contributed by atoms with E-state index in [-0.39, 0.29) is 16.9 Å². The molecule has 0 radical (unpaired) electrons. The van der Waals surface area contributed by atoms with Gasteiger partial charge >= 0.3 is 0 Å². The van der Waals surface area contributed by atoms with Gasteiger partial charge in [0.2, 0.25) is 5.91 Å². The highest BCUT2D eigenvalue weighted by molar-refractivity contribution is 8.00. The summed E-state index contributed by atoms with van der Waals surface area (Å²) in [5.41, 5.74) is 0. The Morgan fingerprint density at radius 3 is 2.92 bits per heavy atom. The maximum atomic E-state index is 12.6. The van der Waals surface area contributed by atoms with Crippen LogP contribution in [0.1, 0.15) is 28.4 Å². The van der Waals surface area contributed by atoms with Crippen molar-refractivity contribution < 1.29 is 9.59 Å². The lowest BCUT2D eigenvalue weighted by Crippen LogP contribution is -2.18. The van der Waals surface area contributed by atoms with E-state index in [0.29, 0.717) is 11.4 Å². The fraction of sp³-hybridized carbons (Fsp3) is 0.250. The van der Waals surface area contributed by atoms with Crippen LogP contribution in [-0.4, -0.2) is 26.9 Å². The van der Waals surface area contributed by atoms with E-state index < -0.39 is 0 Å². The van der Waals surface area contributed by atoms with Crippen molar-refractivity contribution in [2.75, 3.05) is 0 Å². The Bertz CT molecular complexity index is 887. The van der Waals surface area contributed by atoms with Gasteiger partial charge in [-0.3, -0.25) is 9.59 Å². The number of hydrogen-bond acceptors (Lipinski definition) is 7. The summed E-state index contributed by atoms with van der Waals surface area (Å²) in [5, 5.41) is 6.30. The minimum absolute atomic E-state index is 0.0704. The summed E-state index contributed by atoms with van der Waals surface area (Å²) in [6, 6.07) is 5.69. The summed E-state index contributed by atoms with van der Waals surface area (Å²) >= 11 is 4.43. The van der Waals surface area contributed by atoms with Crippen molar-refractivity contribution in [2.45, 2.75) is 30.7 Å². The van der Waals surface area contributed by atoms with Crippen LogP contribution in [0.2, 0.25) is 0 Å². The summed E-state index contributed by atoms with van der Waals surface area (Å²) in [5.74, 6) is -0.00944. The molecule has 3 aromatic heterocycles. The molecule has 3 heterocycles. The number of thiophene rings is 2. The second kappa shape index (κ2) is 7.42. The fourth-order valence-electron chi connectivity index (χ4n) is 2.10. The smallest absolute Gasteiger partial charge is 0.217 e. The van der Waals surface area contributed by atoms with Gasteiger partial charge in [0.05, 0.1) is 16.7 Å². The van der Waals surface area contributed by atoms with Gasteiger partial charge in [0, 0.05) is 17.2 Å². The zero-order chi connectivity index (χ0) is 17.1. The van der Waals surface area contributed by atoms with Crippen molar-refractivity contribution in [1.82, 2.24) is 15.3 Å². The number of carbonyl (C=O) groups is 2. The van der Waals surface area contributed by atoms with Gasteiger partial charge in [-0.15, -0.1) is 22.7 Å². The Morgan fingerprint density at radius 1 is 1.29 bits per heavy atom. The Morgan fingerprint density at radius 2 is 2.12 bits per heavy atom. The highest BCUT2D eigenvalue weighted by Gasteiger charge is 2.20. The van der Waals surface area contributed by atoms with Crippen LogP contribution in [0.15, 0.2) is 34.9 Å². The number of hydrogen-bond donors (Lipinski definition) is 1. The van der Waals surface area contributed by atoms with Crippen LogP contribution >= 0.6 is 34.4 Å². The number of nitrogens with zero attached hydrogens (tertiary/aromatic N) is 2. The van der Waals surface area contributed by atoms with Crippen LogP contribution in [0.25, 0.3) is 10.2 Å². The van der Waals surface area contributed by atoms with Crippen LogP contribution < -0.4 is 5.32 Å². The third kappa shape index (κ3) is 3.82.